The highest BCUT2D eigenvalue weighted by molar-refractivity contribution is 7.89. The van der Waals surface area contributed by atoms with Crippen LogP contribution in [-0.2, 0) is 22.7 Å². The van der Waals surface area contributed by atoms with Gasteiger partial charge in [-0.15, -0.1) is 0 Å². The summed E-state index contributed by atoms with van der Waals surface area (Å²) in [6.45, 7) is 5.98. The van der Waals surface area contributed by atoms with Gasteiger partial charge in [-0.05, 0) is 42.3 Å². The highest BCUT2D eigenvalue weighted by Gasteiger charge is 2.30. The molecule has 2 aromatic carbocycles. The zero-order valence-electron chi connectivity index (χ0n) is 17.5. The lowest BCUT2D eigenvalue weighted by Gasteiger charge is -2.18. The molecule has 0 saturated carbocycles. The number of nitrogens with zero attached hydrogens (tertiary/aromatic N) is 1. The van der Waals surface area contributed by atoms with E-state index < -0.39 is 33.8 Å². The maximum atomic E-state index is 12.8. The van der Waals surface area contributed by atoms with Crippen LogP contribution in [0.3, 0.4) is 0 Å². The first-order valence-electron chi connectivity index (χ1n) is 9.79. The molecule has 0 bridgehead atoms. The largest absolute Gasteiger partial charge is 0.416 e. The van der Waals surface area contributed by atoms with E-state index in [1.807, 2.05) is 0 Å². The van der Waals surface area contributed by atoms with Crippen LogP contribution < -0.4 is 10.6 Å². The van der Waals surface area contributed by atoms with E-state index in [1.54, 1.807) is 32.9 Å². The van der Waals surface area contributed by atoms with Crippen LogP contribution in [-0.4, -0.2) is 31.8 Å². The molecule has 0 aliphatic heterocycles. The van der Waals surface area contributed by atoms with E-state index in [4.69, 9.17) is 0 Å². The van der Waals surface area contributed by atoms with E-state index in [-0.39, 0.29) is 11.4 Å². The van der Waals surface area contributed by atoms with Crippen molar-refractivity contribution in [2.75, 3.05) is 13.1 Å². The van der Waals surface area contributed by atoms with Gasteiger partial charge >= 0.3 is 12.2 Å². The van der Waals surface area contributed by atoms with Crippen molar-refractivity contribution in [3.05, 3.63) is 65.2 Å². The third-order valence-electron chi connectivity index (χ3n) is 4.78. The summed E-state index contributed by atoms with van der Waals surface area (Å²) in [5, 5.41) is 5.21. The lowest BCUT2D eigenvalue weighted by atomic mass is 10.1. The van der Waals surface area contributed by atoms with Gasteiger partial charge in [0.25, 0.3) is 0 Å². The number of sulfonamides is 1. The van der Waals surface area contributed by atoms with E-state index >= 15 is 0 Å². The summed E-state index contributed by atoms with van der Waals surface area (Å²) in [6, 6.07) is 9.76. The second kappa shape index (κ2) is 10.1. The first kappa shape index (κ1) is 24.7. The SMILES string of the molecule is CCN(CC)S(=O)(=O)c1ccc(CNC(=O)NC(C)c2cccc(C(F)(F)F)c2)cc1. The van der Waals surface area contributed by atoms with Gasteiger partial charge in [0.15, 0.2) is 0 Å². The molecule has 2 aromatic rings. The number of benzene rings is 2. The van der Waals surface area contributed by atoms with Gasteiger partial charge in [0.2, 0.25) is 10.0 Å². The Morgan fingerprint density at radius 3 is 2.23 bits per heavy atom. The smallest absolute Gasteiger partial charge is 0.334 e. The van der Waals surface area contributed by atoms with Crippen LogP contribution in [0.25, 0.3) is 0 Å². The summed E-state index contributed by atoms with van der Waals surface area (Å²) >= 11 is 0. The van der Waals surface area contributed by atoms with Gasteiger partial charge < -0.3 is 10.6 Å². The zero-order valence-corrected chi connectivity index (χ0v) is 18.3. The van der Waals surface area contributed by atoms with Crippen molar-refractivity contribution in [2.24, 2.45) is 0 Å². The average Bonchev–Trinajstić information content (AvgIpc) is 2.72. The molecule has 10 heteroatoms. The van der Waals surface area contributed by atoms with Crippen molar-refractivity contribution in [3.8, 4) is 0 Å². The van der Waals surface area contributed by atoms with Gasteiger partial charge in [-0.3, -0.25) is 0 Å². The molecule has 0 radical (unpaired) electrons. The summed E-state index contributed by atoms with van der Waals surface area (Å²) in [5.74, 6) is 0. The molecule has 31 heavy (non-hydrogen) atoms. The third kappa shape index (κ3) is 6.44. The van der Waals surface area contributed by atoms with Crippen LogP contribution in [0.1, 0.15) is 43.5 Å². The number of nitrogens with one attached hydrogen (secondary N) is 2. The van der Waals surface area contributed by atoms with Crippen molar-refractivity contribution in [3.63, 3.8) is 0 Å². The molecule has 0 aliphatic carbocycles. The topological polar surface area (TPSA) is 78.5 Å². The number of hydrogen-bond acceptors (Lipinski definition) is 3. The number of hydrogen-bond donors (Lipinski definition) is 2. The lowest BCUT2D eigenvalue weighted by molar-refractivity contribution is -0.137. The summed E-state index contributed by atoms with van der Waals surface area (Å²) in [6.07, 6.45) is -4.46. The van der Waals surface area contributed by atoms with E-state index in [2.05, 4.69) is 10.6 Å². The quantitative estimate of drug-likeness (QED) is 0.621. The Hall–Kier alpha value is -2.59. The molecule has 6 nitrogen and oxygen atoms in total. The Kier molecular flexibility index (Phi) is 8.08. The average molecular weight is 458 g/mol. The molecule has 1 atom stereocenters. The lowest BCUT2D eigenvalue weighted by Crippen LogP contribution is -2.36. The van der Waals surface area contributed by atoms with Crippen molar-refractivity contribution >= 4 is 16.1 Å². The number of urea groups is 1. The molecule has 1 unspecified atom stereocenters. The summed E-state index contributed by atoms with van der Waals surface area (Å²) in [4.78, 5) is 12.3. The predicted molar refractivity (Wildman–Crippen MR) is 112 cm³/mol. The normalized spacial score (nSPS) is 13.1. The Labute approximate surface area is 180 Å². The van der Waals surface area contributed by atoms with Crippen LogP contribution in [0.4, 0.5) is 18.0 Å². The van der Waals surface area contributed by atoms with Crippen LogP contribution in [0.5, 0.6) is 0 Å². The minimum atomic E-state index is -4.46. The molecule has 0 spiro atoms. The maximum absolute atomic E-state index is 12.8. The van der Waals surface area contributed by atoms with E-state index in [0.29, 0.717) is 24.2 Å². The monoisotopic (exact) mass is 457 g/mol. The van der Waals surface area contributed by atoms with E-state index in [0.717, 1.165) is 12.1 Å². The molecular weight excluding hydrogens is 431 g/mol. The summed E-state index contributed by atoms with van der Waals surface area (Å²) in [7, 11) is -3.56. The first-order valence-corrected chi connectivity index (χ1v) is 11.2. The molecule has 0 heterocycles. The van der Waals surface area contributed by atoms with Crippen LogP contribution in [0, 0.1) is 0 Å². The second-order valence-corrected chi connectivity index (χ2v) is 8.84. The predicted octanol–water partition coefficient (Wildman–Crippen LogP) is 4.30. The molecule has 2 N–H and O–H groups in total. The molecule has 2 rings (SSSR count). The standard InChI is InChI=1S/C21H26F3N3O3S/c1-4-27(5-2)31(29,30)19-11-9-16(10-12-19)14-25-20(28)26-15(3)17-7-6-8-18(13-17)21(22,23)24/h6-13,15H,4-5,14H2,1-3H3,(H2,25,26,28). The molecule has 170 valence electrons. The van der Waals surface area contributed by atoms with E-state index in [1.165, 1.54) is 28.6 Å². The van der Waals surface area contributed by atoms with Crippen molar-refractivity contribution in [1.29, 1.82) is 0 Å². The number of rotatable bonds is 8. The molecular formula is C21H26F3N3O3S. The number of amides is 2. The van der Waals surface area contributed by atoms with Gasteiger partial charge in [0.1, 0.15) is 0 Å². The van der Waals surface area contributed by atoms with Gasteiger partial charge in [-0.1, -0.05) is 38.1 Å². The number of carbonyl (C=O) groups excluding carboxylic acids is 1. The summed E-state index contributed by atoms with van der Waals surface area (Å²) in [5.41, 5.74) is 0.232. The highest BCUT2D eigenvalue weighted by atomic mass is 32.2. The molecule has 0 saturated heterocycles. The Morgan fingerprint density at radius 1 is 1.06 bits per heavy atom. The maximum Gasteiger partial charge on any atom is 0.416 e. The first-order chi connectivity index (χ1) is 14.5. The number of carbonyl (C=O) groups is 1. The fraction of sp³-hybridized carbons (Fsp3) is 0.381. The Morgan fingerprint density at radius 2 is 1.68 bits per heavy atom. The fourth-order valence-electron chi connectivity index (χ4n) is 2.99. The summed E-state index contributed by atoms with van der Waals surface area (Å²) < 4.78 is 64.9. The minimum Gasteiger partial charge on any atom is -0.334 e. The van der Waals surface area contributed by atoms with Gasteiger partial charge in [0.05, 0.1) is 16.5 Å². The molecule has 0 aliphatic rings. The number of halogens is 3. The van der Waals surface area contributed by atoms with Gasteiger partial charge in [-0.25, -0.2) is 13.2 Å². The van der Waals surface area contributed by atoms with Crippen LogP contribution in [0.15, 0.2) is 53.4 Å². The Balaban J connectivity index is 1.96. The molecule has 0 aromatic heterocycles. The van der Waals surface area contributed by atoms with Gasteiger partial charge in [-0.2, -0.15) is 17.5 Å². The Bertz CT molecular complexity index is 989. The molecule has 0 fully saturated rings. The zero-order chi connectivity index (χ0) is 23.2. The van der Waals surface area contributed by atoms with E-state index in [9.17, 15) is 26.4 Å². The van der Waals surface area contributed by atoms with Crippen molar-refractivity contribution in [1.82, 2.24) is 14.9 Å². The number of alkyl halides is 3. The molecule has 2 amide bonds. The van der Waals surface area contributed by atoms with Crippen molar-refractivity contribution in [2.45, 2.75) is 44.4 Å². The van der Waals surface area contributed by atoms with Gasteiger partial charge in [0, 0.05) is 19.6 Å². The minimum absolute atomic E-state index is 0.132. The third-order valence-corrected chi connectivity index (χ3v) is 6.85. The van der Waals surface area contributed by atoms with Crippen LogP contribution >= 0.6 is 0 Å². The highest BCUT2D eigenvalue weighted by Crippen LogP contribution is 2.30. The van der Waals surface area contributed by atoms with Crippen molar-refractivity contribution < 1.29 is 26.4 Å². The fourth-order valence-corrected chi connectivity index (χ4v) is 4.45. The second-order valence-electron chi connectivity index (χ2n) is 6.91. The van der Waals surface area contributed by atoms with Crippen LogP contribution in [0.2, 0.25) is 0 Å².